The van der Waals surface area contributed by atoms with Crippen LogP contribution in [0.1, 0.15) is 45.6 Å². The first-order chi connectivity index (χ1) is 10.5. The molecule has 1 rings (SSSR count). The minimum atomic E-state index is -1.25. The normalized spacial score (nSPS) is 11.0. The molecule has 0 saturated heterocycles. The van der Waals surface area contributed by atoms with E-state index in [0.29, 0.717) is 13.2 Å². The van der Waals surface area contributed by atoms with Crippen LogP contribution in [0.3, 0.4) is 0 Å². The largest absolute Gasteiger partial charge is 0.465 e. The molecule has 0 heterocycles. The average molecular weight is 306 g/mol. The summed E-state index contributed by atoms with van der Waals surface area (Å²) in [6.45, 7) is 5.75. The van der Waals surface area contributed by atoms with Crippen molar-refractivity contribution in [2.24, 2.45) is 5.41 Å². The fourth-order valence-corrected chi connectivity index (χ4v) is 1.84. The van der Waals surface area contributed by atoms with Gasteiger partial charge in [0.15, 0.2) is 5.41 Å². The van der Waals surface area contributed by atoms with Crippen LogP contribution in [0.4, 0.5) is 0 Å². The first-order valence-electron chi connectivity index (χ1n) is 7.87. The fraction of sp³-hybridized carbons (Fsp3) is 0.556. The average Bonchev–Trinajstić information content (AvgIpc) is 2.52. The lowest BCUT2D eigenvalue weighted by Crippen LogP contribution is -2.37. The molecule has 0 fully saturated rings. The molecular formula is C18H26O4. The second-order valence-corrected chi connectivity index (χ2v) is 5.84. The standard InChI is InChI=1S/C18H26O4/c1-4-5-13-21-16(19)18(2,3)17(20)22-14-9-12-15-10-7-6-8-11-15/h6-8,10-11H,4-5,9,12-14H2,1-3H3. The molecule has 0 aliphatic carbocycles. The van der Waals surface area contributed by atoms with Crippen LogP contribution in [0.25, 0.3) is 0 Å². The third-order valence-electron chi connectivity index (χ3n) is 3.44. The monoisotopic (exact) mass is 306 g/mol. The van der Waals surface area contributed by atoms with Gasteiger partial charge in [-0.25, -0.2) is 0 Å². The molecule has 0 aromatic heterocycles. The zero-order chi connectivity index (χ0) is 16.4. The van der Waals surface area contributed by atoms with Gasteiger partial charge in [0, 0.05) is 0 Å². The Morgan fingerprint density at radius 3 is 2.05 bits per heavy atom. The Hall–Kier alpha value is -1.84. The smallest absolute Gasteiger partial charge is 0.322 e. The lowest BCUT2D eigenvalue weighted by molar-refractivity contribution is -0.169. The van der Waals surface area contributed by atoms with Gasteiger partial charge in [-0.3, -0.25) is 9.59 Å². The Bertz CT molecular complexity index is 465. The number of esters is 2. The summed E-state index contributed by atoms with van der Waals surface area (Å²) in [5.74, 6) is -1.05. The maximum atomic E-state index is 12.0. The van der Waals surface area contributed by atoms with Gasteiger partial charge in [-0.05, 0) is 38.7 Å². The molecule has 0 bridgehead atoms. The minimum Gasteiger partial charge on any atom is -0.465 e. The summed E-state index contributed by atoms with van der Waals surface area (Å²) in [4.78, 5) is 23.9. The molecule has 0 atom stereocenters. The van der Waals surface area contributed by atoms with Crippen molar-refractivity contribution in [1.82, 2.24) is 0 Å². The number of rotatable bonds is 9. The van der Waals surface area contributed by atoms with E-state index in [1.165, 1.54) is 5.56 Å². The molecule has 0 N–H and O–H groups in total. The molecule has 0 spiro atoms. The molecule has 0 unspecified atom stereocenters. The van der Waals surface area contributed by atoms with Gasteiger partial charge >= 0.3 is 11.9 Å². The summed E-state index contributed by atoms with van der Waals surface area (Å²) in [7, 11) is 0. The van der Waals surface area contributed by atoms with Crippen LogP contribution in [0.2, 0.25) is 0 Å². The summed E-state index contributed by atoms with van der Waals surface area (Å²) in [6, 6.07) is 10.0. The Morgan fingerprint density at radius 1 is 0.955 bits per heavy atom. The Balaban J connectivity index is 2.32. The number of ether oxygens (including phenoxy) is 2. The molecule has 122 valence electrons. The molecule has 0 amide bonds. The van der Waals surface area contributed by atoms with E-state index < -0.39 is 17.4 Å². The van der Waals surface area contributed by atoms with Gasteiger partial charge < -0.3 is 9.47 Å². The highest BCUT2D eigenvalue weighted by Crippen LogP contribution is 2.20. The molecular weight excluding hydrogens is 280 g/mol. The number of carbonyl (C=O) groups is 2. The number of aryl methyl sites for hydroxylation is 1. The summed E-state index contributed by atoms with van der Waals surface area (Å²) in [5.41, 5.74) is -0.0442. The SMILES string of the molecule is CCCCOC(=O)C(C)(C)C(=O)OCCCc1ccccc1. The van der Waals surface area contributed by atoms with Crippen molar-refractivity contribution in [1.29, 1.82) is 0 Å². The van der Waals surface area contributed by atoms with Crippen molar-refractivity contribution in [3.8, 4) is 0 Å². The van der Waals surface area contributed by atoms with Gasteiger partial charge in [0.05, 0.1) is 13.2 Å². The highest BCUT2D eigenvalue weighted by Gasteiger charge is 2.39. The van der Waals surface area contributed by atoms with Crippen LogP contribution in [0.15, 0.2) is 30.3 Å². The van der Waals surface area contributed by atoms with Gasteiger partial charge in [0.1, 0.15) is 0 Å². The summed E-state index contributed by atoms with van der Waals surface area (Å²) in [6.07, 6.45) is 3.32. The molecule has 1 aromatic rings. The van der Waals surface area contributed by atoms with Gasteiger partial charge in [0.2, 0.25) is 0 Å². The minimum absolute atomic E-state index is 0.305. The second-order valence-electron chi connectivity index (χ2n) is 5.84. The molecule has 4 heteroatoms. The van der Waals surface area contributed by atoms with Gasteiger partial charge in [-0.1, -0.05) is 43.7 Å². The number of benzene rings is 1. The van der Waals surface area contributed by atoms with Crippen molar-refractivity contribution >= 4 is 11.9 Å². The summed E-state index contributed by atoms with van der Waals surface area (Å²) >= 11 is 0. The van der Waals surface area contributed by atoms with Gasteiger partial charge in [-0.15, -0.1) is 0 Å². The van der Waals surface area contributed by atoms with Crippen molar-refractivity contribution in [2.75, 3.05) is 13.2 Å². The quantitative estimate of drug-likeness (QED) is 0.398. The van der Waals surface area contributed by atoms with Crippen LogP contribution < -0.4 is 0 Å². The molecule has 0 radical (unpaired) electrons. The molecule has 22 heavy (non-hydrogen) atoms. The predicted octanol–water partition coefficient (Wildman–Crippen LogP) is 3.53. The molecule has 0 aliphatic rings. The van der Waals surface area contributed by atoms with Crippen LogP contribution in [-0.4, -0.2) is 25.2 Å². The summed E-state index contributed by atoms with van der Waals surface area (Å²) < 4.78 is 10.3. The van der Waals surface area contributed by atoms with Crippen molar-refractivity contribution in [3.05, 3.63) is 35.9 Å². The molecule has 1 aromatic carbocycles. The van der Waals surface area contributed by atoms with E-state index in [-0.39, 0.29) is 0 Å². The lowest BCUT2D eigenvalue weighted by Gasteiger charge is -2.20. The number of hydrogen-bond donors (Lipinski definition) is 0. The van der Waals surface area contributed by atoms with E-state index in [9.17, 15) is 9.59 Å². The molecule has 0 saturated carbocycles. The predicted molar refractivity (Wildman–Crippen MR) is 85.4 cm³/mol. The van der Waals surface area contributed by atoms with Crippen molar-refractivity contribution in [2.45, 2.75) is 46.5 Å². The van der Waals surface area contributed by atoms with Gasteiger partial charge in [0.25, 0.3) is 0 Å². The van der Waals surface area contributed by atoms with Crippen LogP contribution in [0, 0.1) is 5.41 Å². The van der Waals surface area contributed by atoms with E-state index in [4.69, 9.17) is 9.47 Å². The Kier molecular flexibility index (Phi) is 7.64. The van der Waals surface area contributed by atoms with Gasteiger partial charge in [-0.2, -0.15) is 0 Å². The third-order valence-corrected chi connectivity index (χ3v) is 3.44. The maximum Gasteiger partial charge on any atom is 0.322 e. The van der Waals surface area contributed by atoms with E-state index >= 15 is 0 Å². The van der Waals surface area contributed by atoms with E-state index in [2.05, 4.69) is 0 Å². The highest BCUT2D eigenvalue weighted by atomic mass is 16.6. The maximum absolute atomic E-state index is 12.0. The summed E-state index contributed by atoms with van der Waals surface area (Å²) in [5, 5.41) is 0. The van der Waals surface area contributed by atoms with E-state index in [0.717, 1.165) is 25.7 Å². The van der Waals surface area contributed by atoms with E-state index in [1.807, 2.05) is 37.3 Å². The lowest BCUT2D eigenvalue weighted by atomic mass is 9.94. The second kappa shape index (κ2) is 9.23. The first kappa shape index (κ1) is 18.2. The zero-order valence-electron chi connectivity index (χ0n) is 13.8. The Morgan fingerprint density at radius 2 is 1.50 bits per heavy atom. The number of unbranched alkanes of at least 4 members (excludes halogenated alkanes) is 1. The van der Waals surface area contributed by atoms with Crippen molar-refractivity contribution in [3.63, 3.8) is 0 Å². The first-order valence-corrected chi connectivity index (χ1v) is 7.87. The van der Waals surface area contributed by atoms with Crippen LogP contribution in [0.5, 0.6) is 0 Å². The van der Waals surface area contributed by atoms with Crippen molar-refractivity contribution < 1.29 is 19.1 Å². The van der Waals surface area contributed by atoms with E-state index in [1.54, 1.807) is 13.8 Å². The zero-order valence-corrected chi connectivity index (χ0v) is 13.8. The fourth-order valence-electron chi connectivity index (χ4n) is 1.84. The van der Waals surface area contributed by atoms with Crippen LogP contribution >= 0.6 is 0 Å². The number of carbonyl (C=O) groups excluding carboxylic acids is 2. The highest BCUT2D eigenvalue weighted by molar-refractivity contribution is 5.99. The third kappa shape index (κ3) is 5.88. The molecule has 0 aliphatic heterocycles. The number of hydrogen-bond acceptors (Lipinski definition) is 4. The molecule has 4 nitrogen and oxygen atoms in total. The topological polar surface area (TPSA) is 52.6 Å². The van der Waals surface area contributed by atoms with Crippen LogP contribution in [-0.2, 0) is 25.5 Å². The Labute approximate surface area is 132 Å².